The molecule has 32 heavy (non-hydrogen) atoms. The second-order valence-corrected chi connectivity index (χ2v) is 9.92. The number of nitrogens with two attached hydrogens (primary N) is 1. The van der Waals surface area contributed by atoms with Gasteiger partial charge in [-0.15, -0.1) is 0 Å². The van der Waals surface area contributed by atoms with Crippen molar-refractivity contribution in [3.05, 3.63) is 0 Å². The van der Waals surface area contributed by atoms with Crippen LogP contribution in [0.5, 0.6) is 0 Å². The number of hydrogen-bond donors (Lipinski definition) is 3. The fourth-order valence-corrected chi connectivity index (χ4v) is 5.05. The highest BCUT2D eigenvalue weighted by Crippen LogP contribution is 2.27. The Morgan fingerprint density at radius 2 is 1.38 bits per heavy atom. The molecule has 2 saturated heterocycles. The molecule has 186 valence electrons. The molecular formula is C25H49N5O2. The Bertz CT molecular complexity index is 514. The van der Waals surface area contributed by atoms with Crippen LogP contribution in [0.3, 0.4) is 0 Å². The fraction of sp³-hybridized carbons (Fsp3) is 0.920. The van der Waals surface area contributed by atoms with Crippen molar-refractivity contribution >= 4 is 11.8 Å². The zero-order valence-electron chi connectivity index (χ0n) is 20.6. The average Bonchev–Trinajstić information content (AvgIpc) is 2.80. The van der Waals surface area contributed by atoms with E-state index in [1.54, 1.807) is 0 Å². The zero-order chi connectivity index (χ0) is 23.0. The van der Waals surface area contributed by atoms with Crippen LogP contribution in [0.4, 0.5) is 0 Å². The molecule has 2 aliphatic heterocycles. The number of primary amides is 1. The van der Waals surface area contributed by atoms with Crippen molar-refractivity contribution in [1.29, 1.82) is 0 Å². The van der Waals surface area contributed by atoms with Gasteiger partial charge in [0, 0.05) is 32.5 Å². The molecule has 4 N–H and O–H groups in total. The molecule has 0 aliphatic carbocycles. The van der Waals surface area contributed by atoms with Crippen molar-refractivity contribution in [2.75, 3.05) is 58.9 Å². The van der Waals surface area contributed by atoms with Crippen molar-refractivity contribution in [3.8, 4) is 0 Å². The molecule has 7 heteroatoms. The highest BCUT2D eigenvalue weighted by Gasteiger charge is 2.22. The van der Waals surface area contributed by atoms with Crippen LogP contribution < -0.4 is 16.4 Å². The van der Waals surface area contributed by atoms with Crippen LogP contribution in [-0.2, 0) is 9.59 Å². The van der Waals surface area contributed by atoms with Crippen LogP contribution in [0.2, 0.25) is 0 Å². The van der Waals surface area contributed by atoms with Gasteiger partial charge in [0.05, 0.1) is 0 Å². The van der Waals surface area contributed by atoms with Crippen molar-refractivity contribution in [1.82, 2.24) is 20.4 Å². The minimum absolute atomic E-state index is 0.188. The molecule has 2 fully saturated rings. The molecule has 0 bridgehead atoms. The molecule has 0 aromatic carbocycles. The minimum Gasteiger partial charge on any atom is -0.370 e. The van der Waals surface area contributed by atoms with Gasteiger partial charge in [0.15, 0.2) is 0 Å². The molecular weight excluding hydrogens is 402 g/mol. The van der Waals surface area contributed by atoms with Crippen molar-refractivity contribution < 1.29 is 9.59 Å². The molecule has 0 radical (unpaired) electrons. The summed E-state index contributed by atoms with van der Waals surface area (Å²) in [7, 11) is 0. The maximum absolute atomic E-state index is 12.0. The third-order valence-corrected chi connectivity index (χ3v) is 7.25. The summed E-state index contributed by atoms with van der Waals surface area (Å²) in [5.74, 6) is 1.74. The normalized spacial score (nSPS) is 19.3. The Labute approximate surface area is 196 Å². The van der Waals surface area contributed by atoms with E-state index in [4.69, 9.17) is 5.73 Å². The van der Waals surface area contributed by atoms with Gasteiger partial charge in [-0.1, -0.05) is 26.2 Å². The topological polar surface area (TPSA) is 90.7 Å². The smallest absolute Gasteiger partial charge is 0.221 e. The van der Waals surface area contributed by atoms with Gasteiger partial charge in [-0.2, -0.15) is 0 Å². The van der Waals surface area contributed by atoms with Gasteiger partial charge in [0.25, 0.3) is 0 Å². The number of hydrogen-bond acceptors (Lipinski definition) is 5. The van der Waals surface area contributed by atoms with Crippen molar-refractivity contribution in [2.45, 2.75) is 77.6 Å². The van der Waals surface area contributed by atoms with E-state index in [2.05, 4.69) is 27.4 Å². The highest BCUT2D eigenvalue weighted by atomic mass is 16.1. The number of carbonyl (C=O) groups is 2. The van der Waals surface area contributed by atoms with E-state index in [1.807, 2.05) is 0 Å². The number of rotatable bonds is 16. The molecule has 2 aliphatic rings. The summed E-state index contributed by atoms with van der Waals surface area (Å²) in [5, 5.41) is 6.42. The Balaban J connectivity index is 1.43. The van der Waals surface area contributed by atoms with E-state index in [1.165, 1.54) is 44.9 Å². The van der Waals surface area contributed by atoms with Gasteiger partial charge in [-0.05, 0) is 89.6 Å². The van der Waals surface area contributed by atoms with E-state index in [0.29, 0.717) is 12.8 Å². The number of nitrogens with zero attached hydrogens (tertiary/aromatic N) is 2. The van der Waals surface area contributed by atoms with Gasteiger partial charge in [-0.25, -0.2) is 0 Å². The fourth-order valence-electron chi connectivity index (χ4n) is 5.05. The molecule has 0 saturated carbocycles. The Hall–Kier alpha value is -1.18. The van der Waals surface area contributed by atoms with Crippen LogP contribution in [0.15, 0.2) is 0 Å². The Kier molecular flexibility index (Phi) is 13.9. The molecule has 0 spiro atoms. The molecule has 7 nitrogen and oxygen atoms in total. The quantitative estimate of drug-likeness (QED) is 0.313. The lowest BCUT2D eigenvalue weighted by atomic mass is 9.87. The average molecular weight is 452 g/mol. The molecule has 0 aromatic heterocycles. The minimum atomic E-state index is -0.188. The molecule has 2 heterocycles. The summed E-state index contributed by atoms with van der Waals surface area (Å²) in [6.45, 7) is 11.3. The summed E-state index contributed by atoms with van der Waals surface area (Å²) in [6, 6.07) is 0. The van der Waals surface area contributed by atoms with Gasteiger partial charge in [-0.3, -0.25) is 9.59 Å². The lowest BCUT2D eigenvalue weighted by molar-refractivity contribution is -0.121. The predicted molar refractivity (Wildman–Crippen MR) is 131 cm³/mol. The van der Waals surface area contributed by atoms with Gasteiger partial charge in [0.1, 0.15) is 0 Å². The van der Waals surface area contributed by atoms with Crippen LogP contribution in [0, 0.1) is 11.8 Å². The summed E-state index contributed by atoms with van der Waals surface area (Å²) < 4.78 is 0. The lowest BCUT2D eigenvalue weighted by Gasteiger charge is -2.33. The molecule has 2 amide bonds. The first kappa shape index (κ1) is 27.1. The van der Waals surface area contributed by atoms with Crippen LogP contribution in [0.1, 0.15) is 77.6 Å². The van der Waals surface area contributed by atoms with Gasteiger partial charge in [0.2, 0.25) is 11.8 Å². The first-order chi connectivity index (χ1) is 15.6. The highest BCUT2D eigenvalue weighted by molar-refractivity contribution is 5.76. The predicted octanol–water partition coefficient (Wildman–Crippen LogP) is 2.35. The van der Waals surface area contributed by atoms with Crippen molar-refractivity contribution in [3.63, 3.8) is 0 Å². The standard InChI is InChI=1S/C25H49N5O2/c1-2-13-27-14-4-15-28-25(32)12-21-30-18-9-23(10-19-30)6-3-5-22-7-16-29(17-8-22)20-11-24(26)31/h22-23,27H,2-21H2,1H3,(H2,26,31)(H,28,32). The zero-order valence-corrected chi connectivity index (χ0v) is 20.6. The van der Waals surface area contributed by atoms with E-state index in [9.17, 15) is 9.59 Å². The molecule has 2 rings (SSSR count). The third kappa shape index (κ3) is 12.2. The Morgan fingerprint density at radius 3 is 1.91 bits per heavy atom. The van der Waals surface area contributed by atoms with Crippen LogP contribution in [-0.4, -0.2) is 80.5 Å². The van der Waals surface area contributed by atoms with Gasteiger partial charge >= 0.3 is 0 Å². The first-order valence-corrected chi connectivity index (χ1v) is 13.3. The largest absolute Gasteiger partial charge is 0.370 e. The van der Waals surface area contributed by atoms with Crippen LogP contribution in [0.25, 0.3) is 0 Å². The van der Waals surface area contributed by atoms with E-state index in [0.717, 1.165) is 83.6 Å². The van der Waals surface area contributed by atoms with E-state index >= 15 is 0 Å². The maximum atomic E-state index is 12.0. The number of nitrogens with one attached hydrogen (secondary N) is 2. The van der Waals surface area contributed by atoms with Gasteiger partial charge < -0.3 is 26.2 Å². The molecule has 0 atom stereocenters. The number of amides is 2. The summed E-state index contributed by atoms with van der Waals surface area (Å²) in [4.78, 5) is 27.8. The maximum Gasteiger partial charge on any atom is 0.221 e. The molecule has 0 unspecified atom stereocenters. The number of likely N-dealkylation sites (tertiary alicyclic amines) is 2. The second-order valence-electron chi connectivity index (χ2n) is 9.92. The summed E-state index contributed by atoms with van der Waals surface area (Å²) >= 11 is 0. The van der Waals surface area contributed by atoms with Crippen molar-refractivity contribution in [2.24, 2.45) is 17.6 Å². The summed E-state index contributed by atoms with van der Waals surface area (Å²) in [6.07, 6.45) is 12.5. The van der Waals surface area contributed by atoms with E-state index < -0.39 is 0 Å². The number of carbonyl (C=O) groups excluding carboxylic acids is 2. The lowest BCUT2D eigenvalue weighted by Crippen LogP contribution is -2.37. The molecule has 0 aromatic rings. The second kappa shape index (κ2) is 16.4. The summed E-state index contributed by atoms with van der Waals surface area (Å²) in [5.41, 5.74) is 5.26. The number of piperidine rings is 2. The Morgan fingerprint density at radius 1 is 0.812 bits per heavy atom. The van der Waals surface area contributed by atoms with E-state index in [-0.39, 0.29) is 11.8 Å². The third-order valence-electron chi connectivity index (χ3n) is 7.25. The SMILES string of the molecule is CCCNCCCNC(=O)CCN1CCC(CCCC2CCN(CCC(N)=O)CC2)CC1. The first-order valence-electron chi connectivity index (χ1n) is 13.3. The van der Waals surface area contributed by atoms with Crippen LogP contribution >= 0.6 is 0 Å². The monoisotopic (exact) mass is 451 g/mol.